The first-order chi connectivity index (χ1) is 14.3. The molecule has 1 aromatic rings. The van der Waals surface area contributed by atoms with Crippen molar-refractivity contribution in [2.24, 2.45) is 0 Å². The molecule has 0 spiro atoms. The molecule has 1 aromatic carbocycles. The van der Waals surface area contributed by atoms with Gasteiger partial charge in [-0.1, -0.05) is 0 Å². The largest absolute Gasteiger partial charge is 0.492 e. The highest BCUT2D eigenvalue weighted by Gasteiger charge is 2.52. The first-order valence-electron chi connectivity index (χ1n) is 10.3. The zero-order valence-corrected chi connectivity index (χ0v) is 18.9. The Morgan fingerprint density at radius 1 is 1.33 bits per heavy atom. The molecule has 0 aromatic heterocycles. The number of nitrogens with one attached hydrogen (secondary N) is 1. The summed E-state index contributed by atoms with van der Waals surface area (Å²) in [5.41, 5.74) is 0.381. The van der Waals surface area contributed by atoms with Gasteiger partial charge in [0.05, 0.1) is 11.5 Å². The van der Waals surface area contributed by atoms with Crippen LogP contribution in [0.5, 0.6) is 5.75 Å². The molecular weight excluding hydrogens is 426 g/mol. The molecule has 3 saturated heterocycles. The van der Waals surface area contributed by atoms with Gasteiger partial charge >= 0.3 is 0 Å². The van der Waals surface area contributed by atoms with Crippen LogP contribution < -0.4 is 10.1 Å². The molecule has 164 valence electrons. The van der Waals surface area contributed by atoms with E-state index in [4.69, 9.17) is 4.74 Å². The average molecular weight is 454 g/mol. The molecule has 2 atom stereocenters. The molecule has 2 amide bonds. The lowest BCUT2D eigenvalue weighted by Crippen LogP contribution is -2.48. The summed E-state index contributed by atoms with van der Waals surface area (Å²) >= 11 is 1.62. The lowest BCUT2D eigenvalue weighted by Gasteiger charge is -2.29. The number of thioether (sulfide) groups is 1. The van der Waals surface area contributed by atoms with E-state index in [-0.39, 0.29) is 27.3 Å². The van der Waals surface area contributed by atoms with E-state index in [1.54, 1.807) is 35.7 Å². The maximum absolute atomic E-state index is 13.1. The number of amides is 2. The third-order valence-electron chi connectivity index (χ3n) is 5.94. The number of fused-ring (bicyclic) bond motifs is 1. The summed E-state index contributed by atoms with van der Waals surface area (Å²) in [6.45, 7) is 5.10. The second kappa shape index (κ2) is 8.05. The summed E-state index contributed by atoms with van der Waals surface area (Å²) < 4.78 is 33.3. The van der Waals surface area contributed by atoms with Crippen molar-refractivity contribution in [1.82, 2.24) is 9.21 Å². The van der Waals surface area contributed by atoms with Crippen molar-refractivity contribution in [2.75, 3.05) is 30.8 Å². The number of hydrogen-bond acceptors (Lipinski definition) is 6. The molecule has 4 rings (SSSR count). The molecule has 8 nitrogen and oxygen atoms in total. The van der Waals surface area contributed by atoms with Gasteiger partial charge in [0.1, 0.15) is 16.7 Å². The van der Waals surface area contributed by atoms with Crippen molar-refractivity contribution in [2.45, 2.75) is 55.3 Å². The summed E-state index contributed by atoms with van der Waals surface area (Å²) in [7, 11) is -3.71. The van der Waals surface area contributed by atoms with Crippen molar-refractivity contribution < 1.29 is 22.7 Å². The number of ether oxygens (including phenoxy) is 1. The van der Waals surface area contributed by atoms with Gasteiger partial charge in [-0.25, -0.2) is 8.42 Å². The molecule has 3 aliphatic rings. The zero-order valence-electron chi connectivity index (χ0n) is 17.2. The fourth-order valence-corrected chi connectivity index (χ4v) is 7.48. The smallest absolute Gasteiger partial charge is 0.248 e. The molecular formula is C20H27N3O5S2. The first-order valence-corrected chi connectivity index (χ1v) is 12.7. The Bertz CT molecular complexity index is 961. The van der Waals surface area contributed by atoms with Crippen LogP contribution in [0.2, 0.25) is 0 Å². The molecule has 3 fully saturated rings. The van der Waals surface area contributed by atoms with Gasteiger partial charge in [0, 0.05) is 31.0 Å². The predicted octanol–water partition coefficient (Wildman–Crippen LogP) is 2.26. The van der Waals surface area contributed by atoms with E-state index in [0.717, 1.165) is 19.3 Å². The number of nitrogens with zero attached hydrogens (tertiary/aromatic N) is 2. The van der Waals surface area contributed by atoms with Crippen molar-refractivity contribution >= 4 is 39.3 Å². The van der Waals surface area contributed by atoms with Crippen LogP contribution in [0.25, 0.3) is 0 Å². The van der Waals surface area contributed by atoms with E-state index >= 15 is 0 Å². The maximum Gasteiger partial charge on any atom is 0.248 e. The fourth-order valence-electron chi connectivity index (χ4n) is 4.37. The Kier molecular flexibility index (Phi) is 5.75. The molecule has 10 heteroatoms. The number of anilines is 1. The van der Waals surface area contributed by atoms with Crippen LogP contribution in [0.4, 0.5) is 5.69 Å². The van der Waals surface area contributed by atoms with Crippen molar-refractivity contribution in [3.05, 3.63) is 18.2 Å². The van der Waals surface area contributed by atoms with E-state index in [1.807, 2.05) is 6.92 Å². The highest BCUT2D eigenvalue weighted by Crippen LogP contribution is 2.47. The number of carbonyl (C=O) groups excluding carboxylic acids is 2. The number of sulfonamides is 1. The quantitative estimate of drug-likeness (QED) is 0.710. The highest BCUT2D eigenvalue weighted by atomic mass is 32.2. The van der Waals surface area contributed by atoms with Gasteiger partial charge in [-0.15, -0.1) is 11.8 Å². The molecule has 0 saturated carbocycles. The van der Waals surface area contributed by atoms with Gasteiger partial charge in [-0.2, -0.15) is 4.31 Å². The van der Waals surface area contributed by atoms with Gasteiger partial charge in [0.15, 0.2) is 0 Å². The molecule has 1 N–H and O–H groups in total. The first kappa shape index (κ1) is 21.5. The van der Waals surface area contributed by atoms with Crippen LogP contribution in [0.15, 0.2) is 23.1 Å². The second-order valence-corrected chi connectivity index (χ2v) is 11.4. The molecule has 0 radical (unpaired) electrons. The van der Waals surface area contributed by atoms with Gasteiger partial charge in [-0.05, 0) is 51.3 Å². The van der Waals surface area contributed by atoms with Crippen molar-refractivity contribution in [3.8, 4) is 5.75 Å². The lowest BCUT2D eigenvalue weighted by atomic mass is 10.2. The Morgan fingerprint density at radius 2 is 2.07 bits per heavy atom. The van der Waals surface area contributed by atoms with E-state index in [9.17, 15) is 18.0 Å². The molecule has 0 bridgehead atoms. The summed E-state index contributed by atoms with van der Waals surface area (Å²) in [4.78, 5) is 26.7. The van der Waals surface area contributed by atoms with Gasteiger partial charge in [-0.3, -0.25) is 9.59 Å². The third kappa shape index (κ3) is 3.69. The summed E-state index contributed by atoms with van der Waals surface area (Å²) in [5.74, 6) is 0.507. The van der Waals surface area contributed by atoms with Crippen LogP contribution in [0.3, 0.4) is 0 Å². The highest BCUT2D eigenvalue weighted by molar-refractivity contribution is 8.01. The summed E-state index contributed by atoms with van der Waals surface area (Å²) in [6, 6.07) is 4.12. The van der Waals surface area contributed by atoms with E-state index in [1.165, 1.54) is 10.4 Å². The van der Waals surface area contributed by atoms with Crippen molar-refractivity contribution in [3.63, 3.8) is 0 Å². The monoisotopic (exact) mass is 453 g/mol. The zero-order chi connectivity index (χ0) is 21.5. The maximum atomic E-state index is 13.1. The Labute approximate surface area is 181 Å². The Hall–Kier alpha value is -1.78. The van der Waals surface area contributed by atoms with Crippen LogP contribution in [-0.2, 0) is 19.6 Å². The minimum atomic E-state index is -3.71. The van der Waals surface area contributed by atoms with Crippen molar-refractivity contribution in [1.29, 1.82) is 0 Å². The van der Waals surface area contributed by atoms with Crippen LogP contribution >= 0.6 is 11.8 Å². The molecule has 30 heavy (non-hydrogen) atoms. The van der Waals surface area contributed by atoms with Crippen LogP contribution in [0, 0.1) is 0 Å². The van der Waals surface area contributed by atoms with Gasteiger partial charge in [0.2, 0.25) is 21.8 Å². The van der Waals surface area contributed by atoms with Crippen LogP contribution in [0.1, 0.15) is 39.5 Å². The minimum Gasteiger partial charge on any atom is -0.492 e. The molecule has 3 heterocycles. The summed E-state index contributed by atoms with van der Waals surface area (Å²) in [5, 5.41) is 2.82. The normalized spacial score (nSPS) is 26.8. The predicted molar refractivity (Wildman–Crippen MR) is 115 cm³/mol. The van der Waals surface area contributed by atoms with E-state index in [0.29, 0.717) is 37.6 Å². The number of hydrogen-bond donors (Lipinski definition) is 1. The number of carbonyl (C=O) groups is 2. The number of rotatable bonds is 6. The Morgan fingerprint density at radius 3 is 2.77 bits per heavy atom. The van der Waals surface area contributed by atoms with Gasteiger partial charge in [0.25, 0.3) is 0 Å². The van der Waals surface area contributed by atoms with Crippen LogP contribution in [-0.4, -0.2) is 65.8 Å². The average Bonchev–Trinajstić information content (AvgIpc) is 3.41. The third-order valence-corrected chi connectivity index (χ3v) is 9.37. The standard InChI is InChI=1S/C20H27N3O5S2/c1-3-28-16-7-6-14(12-17(16)30(26,27)22-10-4-5-11-22)21-19(25)15-13-29-20(2)9-8-18(24)23(15)20/h6-7,12,15H,3-5,8-11,13H2,1-2H3,(H,21,25). The second-order valence-electron chi connectivity index (χ2n) is 7.96. The van der Waals surface area contributed by atoms with E-state index < -0.39 is 16.1 Å². The van der Waals surface area contributed by atoms with Gasteiger partial charge < -0.3 is 15.0 Å². The lowest BCUT2D eigenvalue weighted by molar-refractivity contribution is -0.135. The topological polar surface area (TPSA) is 96.0 Å². The molecule has 3 aliphatic heterocycles. The molecule has 0 aliphatic carbocycles. The Balaban J connectivity index is 1.59. The summed E-state index contributed by atoms with van der Waals surface area (Å²) in [6.07, 6.45) is 2.86. The molecule has 2 unspecified atom stereocenters. The fraction of sp³-hybridized carbons (Fsp3) is 0.600. The SMILES string of the molecule is CCOc1ccc(NC(=O)C2CSC3(C)CCC(=O)N23)cc1S(=O)(=O)N1CCCC1. The number of benzene rings is 1. The minimum absolute atomic E-state index is 0.00774. The van der Waals surface area contributed by atoms with E-state index in [2.05, 4.69) is 5.32 Å².